The van der Waals surface area contributed by atoms with Crippen LogP contribution in [0.1, 0.15) is 26.7 Å². The normalized spacial score (nSPS) is 12.4. The zero-order valence-corrected chi connectivity index (χ0v) is 15.0. The quantitative estimate of drug-likeness (QED) is 0.313. The fraction of sp³-hybridized carbons (Fsp3) is 0.500. The number of hydrogen-bond acceptors (Lipinski definition) is 2. The molecule has 6 heteroatoms. The summed E-state index contributed by atoms with van der Waals surface area (Å²) in [6.45, 7) is 5.45. The van der Waals surface area contributed by atoms with Crippen LogP contribution in [0.15, 0.2) is 29.3 Å². The highest BCUT2D eigenvalue weighted by Crippen LogP contribution is 2.18. The average molecular weight is 412 g/mol. The molecule has 114 valence electrons. The number of ether oxygens (including phenoxy) is 1. The number of aliphatic imine (C=N–C) groups is 1. The third-order valence-corrected chi connectivity index (χ3v) is 2.72. The van der Waals surface area contributed by atoms with Gasteiger partial charge in [-0.3, -0.25) is 0 Å². The zero-order valence-electron chi connectivity index (χ0n) is 11.9. The van der Waals surface area contributed by atoms with Gasteiger partial charge in [-0.2, -0.15) is 0 Å². The second-order valence-corrected chi connectivity index (χ2v) is 4.83. The highest BCUT2D eigenvalue weighted by atomic mass is 127. The van der Waals surface area contributed by atoms with Crippen LogP contribution in [0.25, 0.3) is 0 Å². The predicted octanol–water partition coefficient (Wildman–Crippen LogP) is 3.43. The molecule has 0 saturated carbocycles. The Morgan fingerprint density at radius 1 is 1.50 bits per heavy atom. The number of guanidine groups is 1. The fourth-order valence-electron chi connectivity index (χ4n) is 1.49. The Bertz CT molecular complexity index is 415. The monoisotopic (exact) mass is 411 g/mol. The Kier molecular flexibility index (Phi) is 10.6. The largest absolute Gasteiger partial charge is 0.489 e. The molecule has 0 saturated heterocycles. The molecule has 0 radical (unpaired) electrons. The maximum atomic E-state index is 5.89. The molecule has 0 fully saturated rings. The Hall–Kier alpha value is -0.690. The summed E-state index contributed by atoms with van der Waals surface area (Å²) in [7, 11) is 0. The van der Waals surface area contributed by atoms with Crippen molar-refractivity contribution >= 4 is 41.5 Å². The van der Waals surface area contributed by atoms with Crippen LogP contribution in [-0.4, -0.2) is 25.2 Å². The third kappa shape index (κ3) is 8.47. The fourth-order valence-corrected chi connectivity index (χ4v) is 1.67. The summed E-state index contributed by atoms with van der Waals surface area (Å²) < 4.78 is 5.70. The van der Waals surface area contributed by atoms with Crippen LogP contribution >= 0.6 is 35.6 Å². The van der Waals surface area contributed by atoms with Gasteiger partial charge in [0, 0.05) is 11.6 Å². The lowest BCUT2D eigenvalue weighted by Gasteiger charge is -2.13. The van der Waals surface area contributed by atoms with Crippen molar-refractivity contribution in [2.75, 3.05) is 13.1 Å². The molecule has 0 bridgehead atoms. The number of nitrogens with two attached hydrogens (primary N) is 1. The van der Waals surface area contributed by atoms with Crippen molar-refractivity contribution in [2.45, 2.75) is 32.8 Å². The van der Waals surface area contributed by atoms with Crippen LogP contribution in [0.2, 0.25) is 5.02 Å². The molecule has 1 unspecified atom stereocenters. The highest BCUT2D eigenvalue weighted by Gasteiger charge is 2.04. The molecule has 0 aliphatic heterocycles. The van der Waals surface area contributed by atoms with E-state index in [-0.39, 0.29) is 30.1 Å². The molecule has 1 rings (SSSR count). The minimum absolute atomic E-state index is 0. The minimum atomic E-state index is -0.0509. The number of nitrogens with zero attached hydrogens (tertiary/aromatic N) is 1. The zero-order chi connectivity index (χ0) is 14.1. The summed E-state index contributed by atoms with van der Waals surface area (Å²) in [4.78, 5) is 4.24. The minimum Gasteiger partial charge on any atom is -0.489 e. The van der Waals surface area contributed by atoms with Crippen LogP contribution < -0.4 is 15.8 Å². The molecule has 1 aromatic carbocycles. The van der Waals surface area contributed by atoms with Gasteiger partial charge in [-0.1, -0.05) is 31.0 Å². The van der Waals surface area contributed by atoms with Gasteiger partial charge in [0.25, 0.3) is 0 Å². The SMILES string of the molecule is CCCCNC(N)=NCC(C)Oc1cccc(Cl)c1.I. The van der Waals surface area contributed by atoms with Crippen LogP contribution in [0, 0.1) is 0 Å². The molecule has 1 aromatic rings. The first-order chi connectivity index (χ1) is 9.11. The van der Waals surface area contributed by atoms with E-state index in [4.69, 9.17) is 22.1 Å². The van der Waals surface area contributed by atoms with E-state index in [1.165, 1.54) is 0 Å². The van der Waals surface area contributed by atoms with Crippen molar-refractivity contribution in [2.24, 2.45) is 10.7 Å². The predicted molar refractivity (Wildman–Crippen MR) is 96.4 cm³/mol. The Labute approximate surface area is 143 Å². The number of hydrogen-bond donors (Lipinski definition) is 2. The molecule has 1 atom stereocenters. The van der Waals surface area contributed by atoms with Crippen molar-refractivity contribution in [3.05, 3.63) is 29.3 Å². The van der Waals surface area contributed by atoms with E-state index in [2.05, 4.69) is 17.2 Å². The summed E-state index contributed by atoms with van der Waals surface area (Å²) in [6.07, 6.45) is 2.17. The summed E-state index contributed by atoms with van der Waals surface area (Å²) in [5.74, 6) is 1.21. The van der Waals surface area contributed by atoms with Crippen LogP contribution in [0.4, 0.5) is 0 Å². The van der Waals surface area contributed by atoms with Gasteiger partial charge in [0.05, 0.1) is 6.54 Å². The van der Waals surface area contributed by atoms with Crippen molar-refractivity contribution < 1.29 is 4.74 Å². The van der Waals surface area contributed by atoms with Crippen LogP contribution in [-0.2, 0) is 0 Å². The van der Waals surface area contributed by atoms with E-state index in [0.717, 1.165) is 25.1 Å². The van der Waals surface area contributed by atoms with E-state index >= 15 is 0 Å². The maximum Gasteiger partial charge on any atom is 0.188 e. The van der Waals surface area contributed by atoms with Gasteiger partial charge < -0.3 is 15.8 Å². The van der Waals surface area contributed by atoms with Gasteiger partial charge >= 0.3 is 0 Å². The molecule has 0 heterocycles. The van der Waals surface area contributed by atoms with Gasteiger partial charge in [0.15, 0.2) is 5.96 Å². The van der Waals surface area contributed by atoms with Crippen molar-refractivity contribution in [3.63, 3.8) is 0 Å². The molecular weight excluding hydrogens is 389 g/mol. The van der Waals surface area contributed by atoms with Crippen LogP contribution in [0.3, 0.4) is 0 Å². The first kappa shape index (κ1) is 19.3. The average Bonchev–Trinajstić information content (AvgIpc) is 2.37. The van der Waals surface area contributed by atoms with Crippen molar-refractivity contribution in [3.8, 4) is 5.75 Å². The second kappa shape index (κ2) is 11.0. The van der Waals surface area contributed by atoms with E-state index in [0.29, 0.717) is 17.5 Å². The molecule has 0 spiro atoms. The summed E-state index contributed by atoms with van der Waals surface area (Å²) in [5.41, 5.74) is 5.74. The van der Waals surface area contributed by atoms with Gasteiger partial charge in [0.2, 0.25) is 0 Å². The highest BCUT2D eigenvalue weighted by molar-refractivity contribution is 14.0. The number of halogens is 2. The molecule has 0 aliphatic rings. The van der Waals surface area contributed by atoms with Gasteiger partial charge in [-0.25, -0.2) is 4.99 Å². The third-order valence-electron chi connectivity index (χ3n) is 2.49. The summed E-state index contributed by atoms with van der Waals surface area (Å²) in [6, 6.07) is 7.32. The van der Waals surface area contributed by atoms with E-state index in [1.54, 1.807) is 6.07 Å². The molecule has 3 N–H and O–H groups in total. The maximum absolute atomic E-state index is 5.89. The second-order valence-electron chi connectivity index (χ2n) is 4.39. The lowest BCUT2D eigenvalue weighted by Crippen LogP contribution is -2.33. The molecule has 0 amide bonds. The molecule has 20 heavy (non-hydrogen) atoms. The van der Waals surface area contributed by atoms with Crippen LogP contribution in [0.5, 0.6) is 5.75 Å². The molecule has 4 nitrogen and oxygen atoms in total. The van der Waals surface area contributed by atoms with Crippen molar-refractivity contribution in [1.29, 1.82) is 0 Å². The van der Waals surface area contributed by atoms with E-state index in [1.807, 2.05) is 25.1 Å². The van der Waals surface area contributed by atoms with E-state index < -0.39 is 0 Å². The first-order valence-electron chi connectivity index (χ1n) is 6.57. The standard InChI is InChI=1S/C14H22ClN3O.HI/c1-3-4-8-17-14(16)18-10-11(2)19-13-7-5-6-12(15)9-13;/h5-7,9,11H,3-4,8,10H2,1-2H3,(H3,16,17,18);1H. The van der Waals surface area contributed by atoms with Crippen molar-refractivity contribution in [1.82, 2.24) is 5.32 Å². The number of nitrogens with one attached hydrogen (secondary N) is 1. The Morgan fingerprint density at radius 3 is 2.90 bits per heavy atom. The van der Waals surface area contributed by atoms with E-state index in [9.17, 15) is 0 Å². The summed E-state index contributed by atoms with van der Waals surface area (Å²) >= 11 is 5.89. The first-order valence-corrected chi connectivity index (χ1v) is 6.95. The topological polar surface area (TPSA) is 59.6 Å². The molecule has 0 aromatic heterocycles. The Morgan fingerprint density at radius 2 is 2.25 bits per heavy atom. The number of unbranched alkanes of at least 4 members (excludes halogenated alkanes) is 1. The number of benzene rings is 1. The molecular formula is C14H23ClIN3O. The number of rotatable bonds is 7. The lowest BCUT2D eigenvalue weighted by molar-refractivity contribution is 0.230. The smallest absolute Gasteiger partial charge is 0.188 e. The van der Waals surface area contributed by atoms with Gasteiger partial charge in [-0.05, 0) is 31.5 Å². The van der Waals surface area contributed by atoms with Gasteiger partial charge in [-0.15, -0.1) is 24.0 Å². The lowest BCUT2D eigenvalue weighted by atomic mass is 10.3. The van der Waals surface area contributed by atoms with Gasteiger partial charge in [0.1, 0.15) is 11.9 Å². The molecule has 0 aliphatic carbocycles. The Balaban J connectivity index is 0.00000361. The summed E-state index contributed by atoms with van der Waals surface area (Å²) in [5, 5.41) is 3.72.